The van der Waals surface area contributed by atoms with Crippen molar-refractivity contribution in [2.45, 2.75) is 77.0 Å². The second-order valence-electron chi connectivity index (χ2n) is 5.14. The van der Waals surface area contributed by atoms with E-state index in [-0.39, 0.29) is 0 Å². The normalized spacial score (nSPS) is 23.0. The van der Waals surface area contributed by atoms with Gasteiger partial charge in [-0.3, -0.25) is 0 Å². The minimum atomic E-state index is 0.394. The van der Waals surface area contributed by atoms with E-state index in [0.717, 1.165) is 12.3 Å². The van der Waals surface area contributed by atoms with Gasteiger partial charge in [0, 0.05) is 6.61 Å². The highest BCUT2D eigenvalue weighted by Crippen LogP contribution is 2.22. The summed E-state index contributed by atoms with van der Waals surface area (Å²) in [5.74, 6) is 0.814. The van der Waals surface area contributed by atoms with Crippen molar-refractivity contribution in [1.29, 1.82) is 0 Å². The Morgan fingerprint density at radius 2 is 1.07 bits per heavy atom. The summed E-state index contributed by atoms with van der Waals surface area (Å²) < 4.78 is 0. The van der Waals surface area contributed by atoms with Crippen molar-refractivity contribution in [2.75, 3.05) is 6.61 Å². The summed E-state index contributed by atoms with van der Waals surface area (Å²) in [4.78, 5) is 0. The van der Waals surface area contributed by atoms with Gasteiger partial charge in [-0.25, -0.2) is 0 Å². The summed E-state index contributed by atoms with van der Waals surface area (Å²) in [6, 6.07) is 0. The Labute approximate surface area is 95.3 Å². The standard InChI is InChI=1S/C14H28O/c15-13-12-14-10-8-6-4-2-1-3-5-7-9-11-14/h14-15H,1-13H2. The first kappa shape index (κ1) is 13.0. The lowest BCUT2D eigenvalue weighted by Crippen LogP contribution is -2.04. The highest BCUT2D eigenvalue weighted by molar-refractivity contribution is 4.61. The second-order valence-corrected chi connectivity index (χ2v) is 5.14. The summed E-state index contributed by atoms with van der Waals surface area (Å²) in [6.07, 6.45) is 16.6. The van der Waals surface area contributed by atoms with Gasteiger partial charge in [0.1, 0.15) is 0 Å². The fraction of sp³-hybridized carbons (Fsp3) is 1.00. The summed E-state index contributed by atoms with van der Waals surface area (Å²) in [6.45, 7) is 0.394. The molecule has 0 atom stereocenters. The van der Waals surface area contributed by atoms with Crippen LogP contribution in [0.3, 0.4) is 0 Å². The maximum absolute atomic E-state index is 9.01. The van der Waals surface area contributed by atoms with Crippen molar-refractivity contribution in [2.24, 2.45) is 5.92 Å². The van der Waals surface area contributed by atoms with Crippen LogP contribution in [0, 0.1) is 5.92 Å². The van der Waals surface area contributed by atoms with Crippen molar-refractivity contribution in [3.05, 3.63) is 0 Å². The first-order chi connectivity index (χ1) is 7.43. The predicted octanol–water partition coefficient (Wildman–Crippen LogP) is 4.29. The average Bonchev–Trinajstić information content (AvgIpc) is 2.22. The molecule has 0 amide bonds. The molecule has 0 spiro atoms. The van der Waals surface area contributed by atoms with E-state index in [1.54, 1.807) is 0 Å². The van der Waals surface area contributed by atoms with Crippen LogP contribution in [-0.2, 0) is 0 Å². The number of aliphatic hydroxyl groups excluding tert-OH is 1. The van der Waals surface area contributed by atoms with Gasteiger partial charge in [-0.15, -0.1) is 0 Å². The smallest absolute Gasteiger partial charge is 0.0433 e. The molecule has 1 nitrogen and oxygen atoms in total. The van der Waals surface area contributed by atoms with Crippen molar-refractivity contribution < 1.29 is 5.11 Å². The first-order valence-electron chi connectivity index (χ1n) is 7.04. The van der Waals surface area contributed by atoms with Gasteiger partial charge in [0.25, 0.3) is 0 Å². The Hall–Kier alpha value is -0.0400. The Balaban J connectivity index is 2.19. The van der Waals surface area contributed by atoms with Crippen LogP contribution in [0.25, 0.3) is 0 Å². The Kier molecular flexibility index (Phi) is 7.99. The SMILES string of the molecule is OCCC1CCCCCCCCCCC1. The molecule has 1 rings (SSSR count). The number of hydrogen-bond donors (Lipinski definition) is 1. The van der Waals surface area contributed by atoms with E-state index in [1.807, 2.05) is 0 Å². The molecular weight excluding hydrogens is 184 g/mol. The van der Waals surface area contributed by atoms with Crippen LogP contribution in [-0.4, -0.2) is 11.7 Å². The van der Waals surface area contributed by atoms with Crippen LogP contribution < -0.4 is 0 Å². The third-order valence-electron chi connectivity index (χ3n) is 3.76. The topological polar surface area (TPSA) is 20.2 Å². The third kappa shape index (κ3) is 6.94. The fourth-order valence-electron chi connectivity index (χ4n) is 2.72. The molecule has 15 heavy (non-hydrogen) atoms. The molecule has 1 N–H and O–H groups in total. The van der Waals surface area contributed by atoms with Crippen LogP contribution in [0.2, 0.25) is 0 Å². The predicted molar refractivity (Wildman–Crippen MR) is 66.0 cm³/mol. The molecule has 1 saturated carbocycles. The van der Waals surface area contributed by atoms with Crippen LogP contribution >= 0.6 is 0 Å². The molecule has 0 aromatic rings. The minimum Gasteiger partial charge on any atom is -0.396 e. The molecule has 0 heterocycles. The minimum absolute atomic E-state index is 0.394. The largest absolute Gasteiger partial charge is 0.396 e. The molecule has 1 aliphatic rings. The van der Waals surface area contributed by atoms with Gasteiger partial charge in [0.15, 0.2) is 0 Å². The van der Waals surface area contributed by atoms with Crippen LogP contribution in [0.5, 0.6) is 0 Å². The van der Waals surface area contributed by atoms with Crippen molar-refractivity contribution in [1.82, 2.24) is 0 Å². The highest BCUT2D eigenvalue weighted by atomic mass is 16.3. The fourth-order valence-corrected chi connectivity index (χ4v) is 2.72. The van der Waals surface area contributed by atoms with E-state index in [9.17, 15) is 0 Å². The molecule has 0 bridgehead atoms. The van der Waals surface area contributed by atoms with E-state index in [4.69, 9.17) is 5.11 Å². The van der Waals surface area contributed by atoms with Gasteiger partial charge in [-0.2, -0.15) is 0 Å². The van der Waals surface area contributed by atoms with Gasteiger partial charge in [0.05, 0.1) is 0 Å². The molecular formula is C14H28O. The summed E-state index contributed by atoms with van der Waals surface area (Å²) >= 11 is 0. The van der Waals surface area contributed by atoms with E-state index in [0.29, 0.717) is 6.61 Å². The monoisotopic (exact) mass is 212 g/mol. The lowest BCUT2D eigenvalue weighted by Gasteiger charge is -2.16. The van der Waals surface area contributed by atoms with Gasteiger partial charge < -0.3 is 5.11 Å². The summed E-state index contributed by atoms with van der Waals surface area (Å²) in [7, 11) is 0. The molecule has 0 unspecified atom stereocenters. The average molecular weight is 212 g/mol. The van der Waals surface area contributed by atoms with Crippen LogP contribution in [0.4, 0.5) is 0 Å². The van der Waals surface area contributed by atoms with Gasteiger partial charge in [-0.05, 0) is 12.3 Å². The zero-order valence-corrected chi connectivity index (χ0v) is 10.2. The molecule has 0 aliphatic heterocycles. The molecule has 0 aromatic heterocycles. The molecule has 1 fully saturated rings. The van der Waals surface area contributed by atoms with Gasteiger partial charge in [-0.1, -0.05) is 70.6 Å². The van der Waals surface area contributed by atoms with Crippen molar-refractivity contribution in [3.8, 4) is 0 Å². The number of aliphatic hydroxyl groups is 1. The third-order valence-corrected chi connectivity index (χ3v) is 3.76. The lowest BCUT2D eigenvalue weighted by molar-refractivity contribution is 0.240. The highest BCUT2D eigenvalue weighted by Gasteiger charge is 2.08. The molecule has 90 valence electrons. The Morgan fingerprint density at radius 1 is 0.667 bits per heavy atom. The number of rotatable bonds is 2. The summed E-state index contributed by atoms with van der Waals surface area (Å²) in [5.41, 5.74) is 0. The van der Waals surface area contributed by atoms with E-state index in [1.165, 1.54) is 70.6 Å². The molecule has 0 aromatic carbocycles. The molecule has 0 saturated heterocycles. The first-order valence-corrected chi connectivity index (χ1v) is 7.04. The van der Waals surface area contributed by atoms with Crippen LogP contribution in [0.15, 0.2) is 0 Å². The van der Waals surface area contributed by atoms with E-state index >= 15 is 0 Å². The molecule has 1 aliphatic carbocycles. The molecule has 0 radical (unpaired) electrons. The lowest BCUT2D eigenvalue weighted by atomic mass is 9.91. The van der Waals surface area contributed by atoms with E-state index < -0.39 is 0 Å². The van der Waals surface area contributed by atoms with Gasteiger partial charge in [0.2, 0.25) is 0 Å². The van der Waals surface area contributed by atoms with Gasteiger partial charge >= 0.3 is 0 Å². The quantitative estimate of drug-likeness (QED) is 0.724. The van der Waals surface area contributed by atoms with Crippen LogP contribution in [0.1, 0.15) is 77.0 Å². The maximum atomic E-state index is 9.01. The zero-order chi connectivity index (χ0) is 10.8. The van der Waals surface area contributed by atoms with E-state index in [2.05, 4.69) is 0 Å². The Bertz CT molecular complexity index is 121. The maximum Gasteiger partial charge on any atom is 0.0433 e. The number of hydrogen-bond acceptors (Lipinski definition) is 1. The zero-order valence-electron chi connectivity index (χ0n) is 10.2. The summed E-state index contributed by atoms with van der Waals surface area (Å²) in [5, 5.41) is 9.01. The van der Waals surface area contributed by atoms with Crippen molar-refractivity contribution >= 4 is 0 Å². The molecule has 1 heteroatoms. The second kappa shape index (κ2) is 9.21. The van der Waals surface area contributed by atoms with Crippen molar-refractivity contribution in [3.63, 3.8) is 0 Å². The Morgan fingerprint density at radius 3 is 1.47 bits per heavy atom.